The van der Waals surface area contributed by atoms with Gasteiger partial charge in [-0.3, -0.25) is 0 Å². The lowest BCUT2D eigenvalue weighted by atomic mass is 10.0. The van der Waals surface area contributed by atoms with Crippen molar-refractivity contribution in [2.24, 2.45) is 0 Å². The van der Waals surface area contributed by atoms with Crippen molar-refractivity contribution in [3.05, 3.63) is 83.7 Å². The van der Waals surface area contributed by atoms with Crippen molar-refractivity contribution >= 4 is 39.5 Å². The van der Waals surface area contributed by atoms with Crippen LogP contribution in [0.25, 0.3) is 33.5 Å². The topological polar surface area (TPSA) is 68.5 Å². The summed E-state index contributed by atoms with van der Waals surface area (Å²) < 4.78 is 24.8. The minimum Gasteiger partial charge on any atom is -0.465 e. The molecule has 6 rings (SSSR count). The molecule has 7 heteroatoms. The second-order valence-corrected chi connectivity index (χ2v) is 8.27. The zero-order chi connectivity index (χ0) is 23.2. The number of nitrogens with zero attached hydrogens (tertiary/aromatic N) is 3. The number of hydrogen-bond donors (Lipinski definition) is 0. The fourth-order valence-corrected chi connectivity index (χ4v) is 4.53. The smallest absolute Gasteiger partial charge is 0.337 e. The van der Waals surface area contributed by atoms with E-state index in [-0.39, 0.29) is 5.82 Å². The summed E-state index contributed by atoms with van der Waals surface area (Å²) in [6, 6.07) is 19.5. The third-order valence-corrected chi connectivity index (χ3v) is 6.14. The van der Waals surface area contributed by atoms with Crippen LogP contribution in [-0.2, 0) is 11.2 Å². The Labute approximate surface area is 194 Å². The van der Waals surface area contributed by atoms with Crippen molar-refractivity contribution in [1.29, 1.82) is 0 Å². The first-order chi connectivity index (χ1) is 16.6. The zero-order valence-corrected chi connectivity index (χ0v) is 18.4. The van der Waals surface area contributed by atoms with Gasteiger partial charge in [0.25, 0.3) is 0 Å². The van der Waals surface area contributed by atoms with E-state index in [0.29, 0.717) is 44.8 Å². The Hall–Kier alpha value is -4.26. The lowest BCUT2D eigenvalue weighted by molar-refractivity contribution is 0.0601. The molecule has 0 radical (unpaired) electrons. The number of esters is 1. The third-order valence-electron chi connectivity index (χ3n) is 6.14. The van der Waals surface area contributed by atoms with E-state index < -0.39 is 5.97 Å². The van der Waals surface area contributed by atoms with Crippen molar-refractivity contribution in [2.75, 3.05) is 18.6 Å². The Balaban J connectivity index is 1.60. The minimum absolute atomic E-state index is 0.329. The maximum Gasteiger partial charge on any atom is 0.337 e. The van der Waals surface area contributed by atoms with Gasteiger partial charge in [0, 0.05) is 17.6 Å². The quantitative estimate of drug-likeness (QED) is 0.310. The molecule has 0 saturated heterocycles. The SMILES string of the molecule is COC(=O)c1ccc2nc(-c3cc4cc(F)ccc4o3)c(N3CCCc4ccccc43)nc2c1. The number of para-hydroxylation sites is 1. The van der Waals surface area contributed by atoms with Crippen LogP contribution in [0.4, 0.5) is 15.9 Å². The Morgan fingerprint density at radius 2 is 1.91 bits per heavy atom. The zero-order valence-electron chi connectivity index (χ0n) is 18.4. The van der Waals surface area contributed by atoms with Gasteiger partial charge in [0.1, 0.15) is 17.1 Å². The predicted octanol–water partition coefficient (Wildman–Crippen LogP) is 6.05. The second kappa shape index (κ2) is 7.95. The molecule has 0 atom stereocenters. The van der Waals surface area contributed by atoms with Crippen molar-refractivity contribution in [3.63, 3.8) is 0 Å². The van der Waals surface area contributed by atoms with Crippen molar-refractivity contribution in [1.82, 2.24) is 9.97 Å². The summed E-state index contributed by atoms with van der Waals surface area (Å²) in [4.78, 5) is 24.1. The molecule has 6 nitrogen and oxygen atoms in total. The van der Waals surface area contributed by atoms with Gasteiger partial charge in [0.15, 0.2) is 11.6 Å². The van der Waals surface area contributed by atoms with Gasteiger partial charge in [-0.15, -0.1) is 0 Å². The molecule has 3 aromatic carbocycles. The molecular formula is C27H20FN3O3. The van der Waals surface area contributed by atoms with Crippen LogP contribution in [-0.4, -0.2) is 29.6 Å². The van der Waals surface area contributed by atoms with Crippen LogP contribution in [0.2, 0.25) is 0 Å². The summed E-state index contributed by atoms with van der Waals surface area (Å²) in [6.07, 6.45) is 1.95. The third kappa shape index (κ3) is 3.37. The highest BCUT2D eigenvalue weighted by atomic mass is 19.1. The molecule has 0 spiro atoms. The Kier molecular flexibility index (Phi) is 4.76. The molecule has 0 amide bonds. The molecule has 5 aromatic rings. The monoisotopic (exact) mass is 453 g/mol. The number of ether oxygens (including phenoxy) is 1. The molecule has 2 aromatic heterocycles. The molecule has 3 heterocycles. The van der Waals surface area contributed by atoms with Crippen LogP contribution in [0.5, 0.6) is 0 Å². The van der Waals surface area contributed by atoms with Gasteiger partial charge < -0.3 is 14.1 Å². The Morgan fingerprint density at radius 1 is 1.03 bits per heavy atom. The van der Waals surface area contributed by atoms with Gasteiger partial charge in [-0.05, 0) is 66.9 Å². The molecule has 0 unspecified atom stereocenters. The summed E-state index contributed by atoms with van der Waals surface area (Å²) in [5.74, 6) is 0.369. The van der Waals surface area contributed by atoms with Crippen LogP contribution in [0.15, 0.2) is 71.1 Å². The number of carbonyl (C=O) groups is 1. The highest BCUT2D eigenvalue weighted by molar-refractivity contribution is 5.95. The fourth-order valence-electron chi connectivity index (χ4n) is 4.53. The molecular weight excluding hydrogens is 433 g/mol. The van der Waals surface area contributed by atoms with Gasteiger partial charge in [0.2, 0.25) is 0 Å². The molecule has 168 valence electrons. The first-order valence-corrected chi connectivity index (χ1v) is 11.1. The number of methoxy groups -OCH3 is 1. The number of hydrogen-bond acceptors (Lipinski definition) is 6. The lowest BCUT2D eigenvalue weighted by Gasteiger charge is -2.31. The average Bonchev–Trinajstić information content (AvgIpc) is 3.30. The van der Waals surface area contributed by atoms with Crippen LogP contribution >= 0.6 is 0 Å². The Morgan fingerprint density at radius 3 is 2.79 bits per heavy atom. The number of furan rings is 1. The fraction of sp³-hybridized carbons (Fsp3) is 0.148. The average molecular weight is 453 g/mol. The molecule has 0 saturated carbocycles. The summed E-state index contributed by atoms with van der Waals surface area (Å²) in [5.41, 5.74) is 5.03. The van der Waals surface area contributed by atoms with E-state index in [0.717, 1.165) is 25.1 Å². The van der Waals surface area contributed by atoms with Crippen LogP contribution < -0.4 is 4.90 Å². The van der Waals surface area contributed by atoms with Gasteiger partial charge in [-0.2, -0.15) is 0 Å². The van der Waals surface area contributed by atoms with Gasteiger partial charge in [-0.25, -0.2) is 19.2 Å². The molecule has 0 aliphatic carbocycles. The predicted molar refractivity (Wildman–Crippen MR) is 128 cm³/mol. The summed E-state index contributed by atoms with van der Waals surface area (Å²) in [5, 5.41) is 0.655. The van der Waals surface area contributed by atoms with Crippen molar-refractivity contribution in [2.45, 2.75) is 12.8 Å². The summed E-state index contributed by atoms with van der Waals surface area (Å²) >= 11 is 0. The Bertz CT molecular complexity index is 1580. The molecule has 0 bridgehead atoms. The van der Waals surface area contributed by atoms with E-state index in [1.165, 1.54) is 24.8 Å². The molecule has 0 N–H and O–H groups in total. The van der Waals surface area contributed by atoms with E-state index in [1.54, 1.807) is 30.3 Å². The minimum atomic E-state index is -0.433. The van der Waals surface area contributed by atoms with E-state index in [4.69, 9.17) is 19.1 Å². The molecule has 34 heavy (non-hydrogen) atoms. The van der Waals surface area contributed by atoms with Crippen molar-refractivity contribution < 1.29 is 18.3 Å². The van der Waals surface area contributed by atoms with Crippen molar-refractivity contribution in [3.8, 4) is 11.5 Å². The largest absolute Gasteiger partial charge is 0.465 e. The number of halogens is 1. The van der Waals surface area contributed by atoms with E-state index in [1.807, 2.05) is 12.1 Å². The van der Waals surface area contributed by atoms with Gasteiger partial charge >= 0.3 is 5.97 Å². The number of aryl methyl sites for hydroxylation is 1. The molecule has 1 aliphatic rings. The number of carbonyl (C=O) groups excluding carboxylic acids is 1. The highest BCUT2D eigenvalue weighted by Crippen LogP contribution is 2.39. The summed E-state index contributed by atoms with van der Waals surface area (Å²) in [6.45, 7) is 0.760. The maximum atomic E-state index is 13.8. The number of rotatable bonds is 3. The van der Waals surface area contributed by atoms with Gasteiger partial charge in [-0.1, -0.05) is 18.2 Å². The number of anilines is 2. The highest BCUT2D eigenvalue weighted by Gasteiger charge is 2.25. The van der Waals surface area contributed by atoms with Crippen LogP contribution in [0, 0.1) is 5.82 Å². The lowest BCUT2D eigenvalue weighted by Crippen LogP contribution is -2.26. The van der Waals surface area contributed by atoms with E-state index in [2.05, 4.69) is 17.0 Å². The first kappa shape index (κ1) is 20.4. The molecule has 1 aliphatic heterocycles. The number of benzene rings is 3. The van der Waals surface area contributed by atoms with E-state index >= 15 is 0 Å². The first-order valence-electron chi connectivity index (χ1n) is 11.1. The molecule has 0 fully saturated rings. The maximum absolute atomic E-state index is 13.8. The van der Waals surface area contributed by atoms with Crippen LogP contribution in [0.3, 0.4) is 0 Å². The second-order valence-electron chi connectivity index (χ2n) is 8.27. The number of aromatic nitrogens is 2. The van der Waals surface area contributed by atoms with Gasteiger partial charge in [0.05, 0.1) is 23.7 Å². The van der Waals surface area contributed by atoms with Crippen LogP contribution in [0.1, 0.15) is 22.3 Å². The summed E-state index contributed by atoms with van der Waals surface area (Å²) in [7, 11) is 1.35. The van der Waals surface area contributed by atoms with E-state index in [9.17, 15) is 9.18 Å². The standard InChI is InChI=1S/C27H20FN3O3/c1-33-27(32)17-8-10-20-21(14-17)30-26(31-12-4-6-16-5-2-3-7-22(16)31)25(29-20)24-15-18-13-19(28)9-11-23(18)34-24/h2-3,5,7-11,13-15H,4,6,12H2,1H3. The number of fused-ring (bicyclic) bond motifs is 3. The normalized spacial score (nSPS) is 13.3.